The van der Waals surface area contributed by atoms with E-state index in [4.69, 9.17) is 0 Å². The summed E-state index contributed by atoms with van der Waals surface area (Å²) in [6.07, 6.45) is 11.4. The summed E-state index contributed by atoms with van der Waals surface area (Å²) in [5.74, 6) is 0. The van der Waals surface area contributed by atoms with E-state index in [2.05, 4.69) is 24.1 Å². The summed E-state index contributed by atoms with van der Waals surface area (Å²) >= 11 is 0. The molecule has 2 nitrogen and oxygen atoms in total. The van der Waals surface area contributed by atoms with Gasteiger partial charge in [0.15, 0.2) is 0 Å². The minimum atomic E-state index is 0.589. The standard InChI is InChI=1S/C16H32N2/c1-3-12-17-13-16(10-6-5-7-11-16)14-18(4-2)15-8-9-15/h15,17H,3-14H2,1-2H3. The van der Waals surface area contributed by atoms with E-state index in [9.17, 15) is 0 Å². The minimum absolute atomic E-state index is 0.589. The lowest BCUT2D eigenvalue weighted by Crippen LogP contribution is -2.46. The Morgan fingerprint density at radius 1 is 1.11 bits per heavy atom. The zero-order valence-electron chi connectivity index (χ0n) is 12.5. The summed E-state index contributed by atoms with van der Waals surface area (Å²) in [4.78, 5) is 2.76. The molecule has 0 bridgehead atoms. The van der Waals surface area contributed by atoms with Crippen LogP contribution in [0.15, 0.2) is 0 Å². The maximum absolute atomic E-state index is 3.71. The van der Waals surface area contributed by atoms with Crippen molar-refractivity contribution in [2.75, 3.05) is 26.2 Å². The second-order valence-corrected chi connectivity index (χ2v) is 6.53. The Hall–Kier alpha value is -0.0800. The van der Waals surface area contributed by atoms with Crippen LogP contribution >= 0.6 is 0 Å². The molecule has 2 rings (SSSR count). The first-order chi connectivity index (χ1) is 8.79. The Kier molecular flexibility index (Phi) is 5.50. The molecule has 2 aliphatic rings. The molecule has 0 spiro atoms. The number of rotatable bonds is 8. The van der Waals surface area contributed by atoms with E-state index in [0.29, 0.717) is 5.41 Å². The van der Waals surface area contributed by atoms with Gasteiger partial charge >= 0.3 is 0 Å². The molecule has 0 saturated heterocycles. The molecule has 0 aromatic heterocycles. The predicted molar refractivity (Wildman–Crippen MR) is 78.9 cm³/mol. The molecule has 1 N–H and O–H groups in total. The molecule has 18 heavy (non-hydrogen) atoms. The van der Waals surface area contributed by atoms with Gasteiger partial charge in [0, 0.05) is 19.1 Å². The zero-order valence-corrected chi connectivity index (χ0v) is 12.5. The van der Waals surface area contributed by atoms with Crippen molar-refractivity contribution in [2.24, 2.45) is 5.41 Å². The summed E-state index contributed by atoms with van der Waals surface area (Å²) in [5, 5.41) is 3.71. The summed E-state index contributed by atoms with van der Waals surface area (Å²) in [7, 11) is 0. The number of hydrogen-bond acceptors (Lipinski definition) is 2. The van der Waals surface area contributed by atoms with Gasteiger partial charge in [-0.2, -0.15) is 0 Å². The number of nitrogens with one attached hydrogen (secondary N) is 1. The van der Waals surface area contributed by atoms with Crippen molar-refractivity contribution in [3.8, 4) is 0 Å². The summed E-state index contributed by atoms with van der Waals surface area (Å²) < 4.78 is 0. The molecule has 0 aliphatic heterocycles. The molecule has 106 valence electrons. The molecule has 2 heteroatoms. The van der Waals surface area contributed by atoms with E-state index >= 15 is 0 Å². The topological polar surface area (TPSA) is 15.3 Å². The maximum atomic E-state index is 3.71. The lowest BCUT2D eigenvalue weighted by atomic mass is 9.73. The molecule has 2 saturated carbocycles. The minimum Gasteiger partial charge on any atom is -0.316 e. The van der Waals surface area contributed by atoms with E-state index in [0.717, 1.165) is 6.04 Å². The first-order valence-corrected chi connectivity index (χ1v) is 8.24. The summed E-state index contributed by atoms with van der Waals surface area (Å²) in [5.41, 5.74) is 0.589. The fourth-order valence-electron chi connectivity index (χ4n) is 3.59. The lowest BCUT2D eigenvalue weighted by Gasteiger charge is -2.41. The van der Waals surface area contributed by atoms with Crippen molar-refractivity contribution < 1.29 is 0 Å². The Bertz CT molecular complexity index is 229. The van der Waals surface area contributed by atoms with Gasteiger partial charge in [0.2, 0.25) is 0 Å². The van der Waals surface area contributed by atoms with Gasteiger partial charge in [-0.25, -0.2) is 0 Å². The van der Waals surface area contributed by atoms with Crippen LogP contribution in [-0.2, 0) is 0 Å². The van der Waals surface area contributed by atoms with Crippen LogP contribution in [0.25, 0.3) is 0 Å². The van der Waals surface area contributed by atoms with Crippen molar-refractivity contribution in [3.63, 3.8) is 0 Å². The average Bonchev–Trinajstić information content (AvgIpc) is 3.22. The fraction of sp³-hybridized carbons (Fsp3) is 1.00. The Morgan fingerprint density at radius 2 is 1.83 bits per heavy atom. The highest BCUT2D eigenvalue weighted by atomic mass is 15.2. The molecule has 2 aliphatic carbocycles. The van der Waals surface area contributed by atoms with Crippen LogP contribution in [-0.4, -0.2) is 37.1 Å². The van der Waals surface area contributed by atoms with Gasteiger partial charge in [0.25, 0.3) is 0 Å². The molecule has 0 aromatic carbocycles. The third-order valence-corrected chi connectivity index (χ3v) is 4.85. The predicted octanol–water partition coefficient (Wildman–Crippen LogP) is 3.42. The van der Waals surface area contributed by atoms with Crippen molar-refractivity contribution in [2.45, 2.75) is 71.3 Å². The van der Waals surface area contributed by atoms with E-state index in [-0.39, 0.29) is 0 Å². The molecule has 0 atom stereocenters. The van der Waals surface area contributed by atoms with E-state index in [1.807, 2.05) is 0 Å². The van der Waals surface area contributed by atoms with Crippen molar-refractivity contribution >= 4 is 0 Å². The first-order valence-electron chi connectivity index (χ1n) is 8.24. The number of hydrogen-bond donors (Lipinski definition) is 1. The normalized spacial score (nSPS) is 23.5. The van der Waals surface area contributed by atoms with Crippen LogP contribution in [0.3, 0.4) is 0 Å². The van der Waals surface area contributed by atoms with Gasteiger partial charge in [0.1, 0.15) is 0 Å². The highest BCUT2D eigenvalue weighted by Gasteiger charge is 2.37. The molecule has 0 unspecified atom stereocenters. The van der Waals surface area contributed by atoms with Crippen LogP contribution in [0.4, 0.5) is 0 Å². The quantitative estimate of drug-likeness (QED) is 0.666. The third kappa shape index (κ3) is 3.96. The molecule has 0 amide bonds. The molecule has 0 aromatic rings. The van der Waals surface area contributed by atoms with Crippen molar-refractivity contribution in [1.82, 2.24) is 10.2 Å². The maximum Gasteiger partial charge on any atom is 0.00965 e. The smallest absolute Gasteiger partial charge is 0.00965 e. The van der Waals surface area contributed by atoms with Crippen LogP contribution in [0.1, 0.15) is 65.2 Å². The van der Waals surface area contributed by atoms with Crippen LogP contribution in [0.5, 0.6) is 0 Å². The van der Waals surface area contributed by atoms with Gasteiger partial charge in [-0.15, -0.1) is 0 Å². The van der Waals surface area contributed by atoms with Crippen molar-refractivity contribution in [1.29, 1.82) is 0 Å². The van der Waals surface area contributed by atoms with Gasteiger partial charge in [-0.1, -0.05) is 33.1 Å². The molecule has 0 heterocycles. The highest BCUT2D eigenvalue weighted by Crippen LogP contribution is 2.39. The fourth-order valence-corrected chi connectivity index (χ4v) is 3.59. The van der Waals surface area contributed by atoms with Crippen molar-refractivity contribution in [3.05, 3.63) is 0 Å². The second-order valence-electron chi connectivity index (χ2n) is 6.53. The van der Waals surface area contributed by atoms with Crippen LogP contribution in [0, 0.1) is 5.41 Å². The third-order valence-electron chi connectivity index (χ3n) is 4.85. The largest absolute Gasteiger partial charge is 0.316 e. The number of nitrogens with zero attached hydrogens (tertiary/aromatic N) is 1. The second kappa shape index (κ2) is 6.91. The average molecular weight is 252 g/mol. The molecular formula is C16H32N2. The zero-order chi connectivity index (χ0) is 12.8. The van der Waals surface area contributed by atoms with Crippen LogP contribution < -0.4 is 5.32 Å². The lowest BCUT2D eigenvalue weighted by molar-refractivity contribution is 0.101. The summed E-state index contributed by atoms with van der Waals surface area (Å²) in [6, 6.07) is 0.931. The Balaban J connectivity index is 1.89. The van der Waals surface area contributed by atoms with E-state index < -0.39 is 0 Å². The van der Waals surface area contributed by atoms with Crippen LogP contribution in [0.2, 0.25) is 0 Å². The van der Waals surface area contributed by atoms with Gasteiger partial charge in [-0.3, -0.25) is 0 Å². The first kappa shape index (κ1) is 14.3. The Labute approximate surface area is 114 Å². The monoisotopic (exact) mass is 252 g/mol. The van der Waals surface area contributed by atoms with E-state index in [1.54, 1.807) is 0 Å². The highest BCUT2D eigenvalue weighted by molar-refractivity contribution is 4.92. The van der Waals surface area contributed by atoms with Gasteiger partial charge in [0.05, 0.1) is 0 Å². The molecule has 2 fully saturated rings. The van der Waals surface area contributed by atoms with Gasteiger partial charge < -0.3 is 10.2 Å². The Morgan fingerprint density at radius 3 is 2.39 bits per heavy atom. The summed E-state index contributed by atoms with van der Waals surface area (Å²) in [6.45, 7) is 9.66. The SMILES string of the molecule is CCCNCC1(CN(CC)C2CC2)CCCCC1. The van der Waals surface area contributed by atoms with Gasteiger partial charge in [-0.05, 0) is 50.6 Å². The van der Waals surface area contributed by atoms with E-state index in [1.165, 1.54) is 77.5 Å². The molecule has 0 radical (unpaired) electrons. The molecular weight excluding hydrogens is 220 g/mol.